The molecule has 4 rings (SSSR count). The van der Waals surface area contributed by atoms with Crippen molar-refractivity contribution in [3.05, 3.63) is 72.6 Å². The van der Waals surface area contributed by atoms with Gasteiger partial charge in [0.05, 0.1) is 0 Å². The fourth-order valence-electron chi connectivity index (χ4n) is 2.78. The van der Waals surface area contributed by atoms with Crippen LogP contribution in [0.1, 0.15) is 11.4 Å². The standard InChI is InChI=1S/C17H18B2N6.Pt/c1-22-9-11-24(18-22)16-7-3-5-14(20-16)13-15-6-4-8-17(21-15)25-12-10-23(2)19-25;/h3-12H,13H2,1-2H3;. The maximum absolute atomic E-state index is 4.76. The van der Waals surface area contributed by atoms with Crippen LogP contribution in [0.3, 0.4) is 0 Å². The Hall–Kier alpha value is -2.20. The summed E-state index contributed by atoms with van der Waals surface area (Å²) in [6.45, 7) is 0. The van der Waals surface area contributed by atoms with E-state index in [0.29, 0.717) is 6.42 Å². The molecule has 0 aromatic carbocycles. The molecule has 2 aliphatic rings. The summed E-state index contributed by atoms with van der Waals surface area (Å²) < 4.78 is 0. The zero-order chi connectivity index (χ0) is 17.2. The summed E-state index contributed by atoms with van der Waals surface area (Å²) >= 11 is 0. The second-order valence-corrected chi connectivity index (χ2v) is 6.12. The van der Waals surface area contributed by atoms with Gasteiger partial charge < -0.3 is 19.2 Å². The Morgan fingerprint density at radius 1 is 0.731 bits per heavy atom. The van der Waals surface area contributed by atoms with Crippen molar-refractivity contribution >= 4 is 26.7 Å². The Kier molecular flexibility index (Phi) is 5.72. The zero-order valence-electron chi connectivity index (χ0n) is 14.6. The van der Waals surface area contributed by atoms with Crippen LogP contribution in [0.25, 0.3) is 0 Å². The normalized spacial score (nSPS) is 15.2. The van der Waals surface area contributed by atoms with E-state index in [0.717, 1.165) is 23.0 Å². The van der Waals surface area contributed by atoms with Gasteiger partial charge in [-0.05, 0) is 38.4 Å². The molecule has 0 saturated heterocycles. The van der Waals surface area contributed by atoms with E-state index < -0.39 is 0 Å². The van der Waals surface area contributed by atoms with E-state index in [9.17, 15) is 0 Å². The van der Waals surface area contributed by atoms with Crippen LogP contribution in [0.15, 0.2) is 61.2 Å². The quantitative estimate of drug-likeness (QED) is 0.568. The van der Waals surface area contributed by atoms with Crippen molar-refractivity contribution in [1.29, 1.82) is 0 Å². The molecule has 9 heteroatoms. The fraction of sp³-hybridized carbons (Fsp3) is 0.176. The van der Waals surface area contributed by atoms with E-state index >= 15 is 0 Å². The minimum atomic E-state index is 0. The molecule has 0 fully saturated rings. The summed E-state index contributed by atoms with van der Waals surface area (Å²) in [6, 6.07) is 12.2. The Bertz CT molecular complexity index is 763. The number of aromatic nitrogens is 2. The minimum absolute atomic E-state index is 0. The van der Waals surface area contributed by atoms with Crippen molar-refractivity contribution in [3.63, 3.8) is 0 Å². The molecular weight excluding hydrogens is 505 g/mol. The topological polar surface area (TPSA) is 38.7 Å². The molecule has 0 amide bonds. The molecule has 0 spiro atoms. The van der Waals surface area contributed by atoms with Gasteiger partial charge >= 0.3 is 15.1 Å². The molecule has 2 aliphatic heterocycles. The number of anilines is 2. The number of hydrogen-bond donors (Lipinski definition) is 0. The summed E-state index contributed by atoms with van der Waals surface area (Å²) in [7, 11) is 7.99. The van der Waals surface area contributed by atoms with E-state index in [-0.39, 0.29) is 21.1 Å². The molecule has 0 saturated carbocycles. The number of rotatable bonds is 4. The molecule has 0 aliphatic carbocycles. The fourth-order valence-corrected chi connectivity index (χ4v) is 2.78. The van der Waals surface area contributed by atoms with Crippen LogP contribution < -0.4 is 9.62 Å². The SMILES string of the molecule is CN1[B]N(c2cccc(Cc3cccc(N4[B]N(C)C=C4)n3)n2)C=C1.[Pt]. The first kappa shape index (κ1) is 18.6. The molecule has 0 bridgehead atoms. The number of pyridine rings is 2. The molecule has 4 heterocycles. The largest absolute Gasteiger partial charge is 0.406 e. The van der Waals surface area contributed by atoms with Gasteiger partial charge in [-0.15, -0.1) is 0 Å². The van der Waals surface area contributed by atoms with Gasteiger partial charge in [-0.1, -0.05) is 12.1 Å². The molecular formula is C17H18B2N6Pt. The van der Waals surface area contributed by atoms with E-state index in [4.69, 9.17) is 9.97 Å². The Balaban J connectivity index is 0.00000196. The van der Waals surface area contributed by atoms with E-state index in [1.54, 1.807) is 0 Å². The van der Waals surface area contributed by atoms with Crippen molar-refractivity contribution in [2.24, 2.45) is 0 Å². The number of nitrogens with zero attached hydrogens (tertiary/aromatic N) is 6. The summed E-state index contributed by atoms with van der Waals surface area (Å²) in [6.07, 6.45) is 8.68. The minimum Gasteiger partial charge on any atom is -0.406 e. The summed E-state index contributed by atoms with van der Waals surface area (Å²) in [5.74, 6) is 1.82. The zero-order valence-corrected chi connectivity index (χ0v) is 16.9. The van der Waals surface area contributed by atoms with Crippen LogP contribution in [0.2, 0.25) is 0 Å². The third-order valence-corrected chi connectivity index (χ3v) is 4.01. The maximum atomic E-state index is 4.76. The molecule has 132 valence electrons. The molecule has 0 atom stereocenters. The van der Waals surface area contributed by atoms with Gasteiger partial charge in [0.15, 0.2) is 0 Å². The van der Waals surface area contributed by atoms with Crippen LogP contribution in [0.4, 0.5) is 11.6 Å². The van der Waals surface area contributed by atoms with Gasteiger partial charge in [0.25, 0.3) is 0 Å². The molecule has 6 nitrogen and oxygen atoms in total. The van der Waals surface area contributed by atoms with Crippen LogP contribution in [0.5, 0.6) is 0 Å². The summed E-state index contributed by atoms with van der Waals surface area (Å²) in [4.78, 5) is 17.5. The third-order valence-electron chi connectivity index (χ3n) is 4.01. The van der Waals surface area contributed by atoms with Crippen molar-refractivity contribution in [2.45, 2.75) is 6.42 Å². The van der Waals surface area contributed by atoms with Crippen molar-refractivity contribution in [2.75, 3.05) is 23.7 Å². The van der Waals surface area contributed by atoms with Crippen LogP contribution >= 0.6 is 0 Å². The molecule has 0 unspecified atom stereocenters. The predicted octanol–water partition coefficient (Wildman–Crippen LogP) is 1.58. The van der Waals surface area contributed by atoms with E-state index in [1.807, 2.05) is 110 Å². The van der Waals surface area contributed by atoms with Gasteiger partial charge in [-0.3, -0.25) is 0 Å². The smallest absolute Gasteiger partial charge is 0.396 e. The molecule has 26 heavy (non-hydrogen) atoms. The molecule has 0 N–H and O–H groups in total. The number of hydrogen-bond acceptors (Lipinski definition) is 6. The first-order valence-electron chi connectivity index (χ1n) is 8.16. The summed E-state index contributed by atoms with van der Waals surface area (Å²) in [5.41, 5.74) is 1.99. The molecule has 2 aromatic heterocycles. The monoisotopic (exact) mass is 523 g/mol. The van der Waals surface area contributed by atoms with Gasteiger partial charge in [-0.2, -0.15) is 0 Å². The van der Waals surface area contributed by atoms with Crippen LogP contribution in [-0.2, 0) is 27.5 Å². The first-order valence-corrected chi connectivity index (χ1v) is 8.16. The van der Waals surface area contributed by atoms with Crippen molar-refractivity contribution < 1.29 is 21.1 Å². The molecule has 2 aromatic rings. The molecule has 2 radical (unpaired) electrons. The average molecular weight is 523 g/mol. The van der Waals surface area contributed by atoms with Crippen LogP contribution in [0, 0.1) is 0 Å². The van der Waals surface area contributed by atoms with Gasteiger partial charge in [-0.25, -0.2) is 9.97 Å². The Labute approximate surface area is 170 Å². The van der Waals surface area contributed by atoms with Crippen LogP contribution in [-0.4, -0.2) is 48.8 Å². The Morgan fingerprint density at radius 3 is 1.58 bits per heavy atom. The predicted molar refractivity (Wildman–Crippen MR) is 102 cm³/mol. The van der Waals surface area contributed by atoms with Crippen molar-refractivity contribution in [3.8, 4) is 0 Å². The first-order chi connectivity index (χ1) is 12.2. The van der Waals surface area contributed by atoms with Gasteiger partial charge in [0.1, 0.15) is 11.6 Å². The average Bonchev–Trinajstić information content (AvgIpc) is 3.24. The van der Waals surface area contributed by atoms with Gasteiger partial charge in [0, 0.05) is 63.7 Å². The Morgan fingerprint density at radius 2 is 1.19 bits per heavy atom. The third kappa shape index (κ3) is 4.13. The maximum Gasteiger partial charge on any atom is 0.396 e. The van der Waals surface area contributed by atoms with Gasteiger partial charge in [0.2, 0.25) is 0 Å². The van der Waals surface area contributed by atoms with E-state index in [1.165, 1.54) is 0 Å². The van der Waals surface area contributed by atoms with Crippen molar-refractivity contribution in [1.82, 2.24) is 19.6 Å². The van der Waals surface area contributed by atoms with E-state index in [2.05, 4.69) is 0 Å². The second-order valence-electron chi connectivity index (χ2n) is 6.12. The second kappa shape index (κ2) is 8.00. The summed E-state index contributed by atoms with van der Waals surface area (Å²) in [5, 5.41) is 0.